The minimum atomic E-state index is 0.0344. The summed E-state index contributed by atoms with van der Waals surface area (Å²) in [5.41, 5.74) is 3.51. The van der Waals surface area contributed by atoms with E-state index in [1.54, 1.807) is 0 Å². The lowest BCUT2D eigenvalue weighted by atomic mass is 10.0. The van der Waals surface area contributed by atoms with E-state index in [0.717, 1.165) is 24.8 Å². The summed E-state index contributed by atoms with van der Waals surface area (Å²) < 4.78 is 5.30. The number of aryl methyl sites for hydroxylation is 2. The number of fused-ring (bicyclic) bond motifs is 1. The SMILES string of the molecule is O=C(C1=CCCO1)c1ccc2c(c1)CCC2. The van der Waals surface area contributed by atoms with Crippen molar-refractivity contribution in [3.8, 4) is 0 Å². The van der Waals surface area contributed by atoms with Gasteiger partial charge in [0.25, 0.3) is 0 Å². The molecule has 3 rings (SSSR count). The first kappa shape index (κ1) is 9.64. The molecule has 0 saturated carbocycles. The second-order valence-electron chi connectivity index (χ2n) is 4.37. The number of rotatable bonds is 2. The van der Waals surface area contributed by atoms with Crippen molar-refractivity contribution >= 4 is 5.78 Å². The van der Waals surface area contributed by atoms with Crippen molar-refractivity contribution in [2.75, 3.05) is 6.61 Å². The summed E-state index contributed by atoms with van der Waals surface area (Å²) in [4.78, 5) is 12.1. The molecule has 0 saturated heterocycles. The summed E-state index contributed by atoms with van der Waals surface area (Å²) in [6, 6.07) is 6.05. The van der Waals surface area contributed by atoms with E-state index in [9.17, 15) is 4.79 Å². The van der Waals surface area contributed by atoms with Crippen LogP contribution in [-0.2, 0) is 17.6 Å². The summed E-state index contributed by atoms with van der Waals surface area (Å²) in [6.45, 7) is 0.645. The zero-order valence-electron chi connectivity index (χ0n) is 9.16. The zero-order valence-corrected chi connectivity index (χ0v) is 9.16. The standard InChI is InChI=1S/C14H14O2/c15-14(13-5-2-8-16-13)12-7-6-10-3-1-4-11(10)9-12/h5-7,9H,1-4,8H2. The maximum Gasteiger partial charge on any atom is 0.227 e. The molecule has 16 heavy (non-hydrogen) atoms. The fraction of sp³-hybridized carbons (Fsp3) is 0.357. The highest BCUT2D eigenvalue weighted by atomic mass is 16.5. The van der Waals surface area contributed by atoms with E-state index in [4.69, 9.17) is 4.74 Å². The second kappa shape index (κ2) is 3.78. The van der Waals surface area contributed by atoms with Crippen LogP contribution in [0.4, 0.5) is 0 Å². The van der Waals surface area contributed by atoms with Crippen molar-refractivity contribution in [2.45, 2.75) is 25.7 Å². The number of carbonyl (C=O) groups is 1. The summed E-state index contributed by atoms with van der Waals surface area (Å²) in [7, 11) is 0. The van der Waals surface area contributed by atoms with Crippen LogP contribution in [0.3, 0.4) is 0 Å². The van der Waals surface area contributed by atoms with Crippen molar-refractivity contribution in [2.24, 2.45) is 0 Å². The largest absolute Gasteiger partial charge is 0.489 e. The Hall–Kier alpha value is -1.57. The number of ketones is 1. The lowest BCUT2D eigenvalue weighted by molar-refractivity contribution is 0.0942. The normalized spacial score (nSPS) is 17.9. The third-order valence-corrected chi connectivity index (χ3v) is 3.29. The molecule has 2 nitrogen and oxygen atoms in total. The number of Topliss-reactive ketones (excluding diaryl/α,β-unsaturated/α-hetero) is 1. The maximum atomic E-state index is 12.1. The fourth-order valence-electron chi connectivity index (χ4n) is 2.43. The molecule has 0 amide bonds. The minimum Gasteiger partial charge on any atom is -0.489 e. The number of benzene rings is 1. The molecule has 0 bridgehead atoms. The van der Waals surface area contributed by atoms with Crippen LogP contribution in [0.1, 0.15) is 34.3 Å². The molecule has 1 aromatic carbocycles. The fourth-order valence-corrected chi connectivity index (χ4v) is 2.43. The zero-order chi connectivity index (χ0) is 11.0. The predicted molar refractivity (Wildman–Crippen MR) is 61.4 cm³/mol. The average molecular weight is 214 g/mol. The van der Waals surface area contributed by atoms with E-state index in [1.807, 2.05) is 18.2 Å². The highest BCUT2D eigenvalue weighted by molar-refractivity contribution is 6.07. The van der Waals surface area contributed by atoms with Gasteiger partial charge in [-0.3, -0.25) is 4.79 Å². The quantitative estimate of drug-likeness (QED) is 0.707. The van der Waals surface area contributed by atoms with Gasteiger partial charge in [0.1, 0.15) is 0 Å². The Kier molecular flexibility index (Phi) is 2.28. The van der Waals surface area contributed by atoms with Gasteiger partial charge in [-0.2, -0.15) is 0 Å². The second-order valence-corrected chi connectivity index (χ2v) is 4.37. The van der Waals surface area contributed by atoms with Crippen LogP contribution in [0.5, 0.6) is 0 Å². The highest BCUT2D eigenvalue weighted by Gasteiger charge is 2.19. The molecule has 2 heteroatoms. The molecule has 82 valence electrons. The van der Waals surface area contributed by atoms with Crippen LogP contribution >= 0.6 is 0 Å². The van der Waals surface area contributed by atoms with Crippen LogP contribution in [0.25, 0.3) is 0 Å². The monoisotopic (exact) mass is 214 g/mol. The summed E-state index contributed by atoms with van der Waals surface area (Å²) >= 11 is 0. The Balaban J connectivity index is 1.92. The molecule has 0 N–H and O–H groups in total. The Morgan fingerprint density at radius 2 is 2.06 bits per heavy atom. The number of carbonyl (C=O) groups excluding carboxylic acids is 1. The van der Waals surface area contributed by atoms with Gasteiger partial charge in [-0.25, -0.2) is 0 Å². The van der Waals surface area contributed by atoms with E-state index in [2.05, 4.69) is 6.07 Å². The summed E-state index contributed by atoms with van der Waals surface area (Å²) in [6.07, 6.45) is 6.22. The van der Waals surface area contributed by atoms with Crippen LogP contribution in [0.2, 0.25) is 0 Å². The van der Waals surface area contributed by atoms with E-state index in [1.165, 1.54) is 17.5 Å². The van der Waals surface area contributed by atoms with Gasteiger partial charge in [0.05, 0.1) is 6.61 Å². The van der Waals surface area contributed by atoms with Gasteiger partial charge in [0.15, 0.2) is 5.76 Å². The number of ether oxygens (including phenoxy) is 1. The van der Waals surface area contributed by atoms with Crippen molar-refractivity contribution in [3.05, 3.63) is 46.7 Å². The molecule has 2 aliphatic rings. The van der Waals surface area contributed by atoms with E-state index < -0.39 is 0 Å². The van der Waals surface area contributed by atoms with Gasteiger partial charge in [0.2, 0.25) is 5.78 Å². The van der Waals surface area contributed by atoms with Crippen LogP contribution < -0.4 is 0 Å². The lowest BCUT2D eigenvalue weighted by Crippen LogP contribution is -2.04. The van der Waals surface area contributed by atoms with E-state index in [-0.39, 0.29) is 5.78 Å². The van der Waals surface area contributed by atoms with Crippen molar-refractivity contribution < 1.29 is 9.53 Å². The number of hydrogen-bond donors (Lipinski definition) is 0. The first-order chi connectivity index (χ1) is 7.84. The smallest absolute Gasteiger partial charge is 0.227 e. The van der Waals surface area contributed by atoms with Gasteiger partial charge >= 0.3 is 0 Å². The molecular formula is C14H14O2. The Morgan fingerprint density at radius 1 is 1.19 bits per heavy atom. The molecule has 1 heterocycles. The van der Waals surface area contributed by atoms with E-state index >= 15 is 0 Å². The van der Waals surface area contributed by atoms with Gasteiger partial charge in [-0.05, 0) is 42.5 Å². The van der Waals surface area contributed by atoms with Crippen molar-refractivity contribution in [1.29, 1.82) is 0 Å². The minimum absolute atomic E-state index is 0.0344. The Morgan fingerprint density at radius 3 is 2.88 bits per heavy atom. The van der Waals surface area contributed by atoms with Gasteiger partial charge in [-0.15, -0.1) is 0 Å². The molecule has 1 aliphatic carbocycles. The van der Waals surface area contributed by atoms with Crippen LogP contribution in [0, 0.1) is 0 Å². The molecule has 0 atom stereocenters. The molecular weight excluding hydrogens is 200 g/mol. The third-order valence-electron chi connectivity index (χ3n) is 3.29. The molecule has 1 aliphatic heterocycles. The molecule has 0 aromatic heterocycles. The first-order valence-electron chi connectivity index (χ1n) is 5.84. The van der Waals surface area contributed by atoms with Crippen LogP contribution in [0.15, 0.2) is 30.0 Å². The molecule has 0 radical (unpaired) electrons. The Labute approximate surface area is 94.9 Å². The molecule has 0 spiro atoms. The van der Waals surface area contributed by atoms with Gasteiger partial charge < -0.3 is 4.74 Å². The number of allylic oxidation sites excluding steroid dienone is 1. The summed E-state index contributed by atoms with van der Waals surface area (Å²) in [5.74, 6) is 0.560. The third kappa shape index (κ3) is 1.54. The van der Waals surface area contributed by atoms with Gasteiger partial charge in [-0.1, -0.05) is 12.1 Å². The van der Waals surface area contributed by atoms with Crippen molar-refractivity contribution in [1.82, 2.24) is 0 Å². The van der Waals surface area contributed by atoms with Crippen LogP contribution in [-0.4, -0.2) is 12.4 Å². The Bertz CT molecular complexity index is 472. The molecule has 0 fully saturated rings. The van der Waals surface area contributed by atoms with E-state index in [0.29, 0.717) is 12.4 Å². The maximum absolute atomic E-state index is 12.1. The molecule has 0 unspecified atom stereocenters. The highest BCUT2D eigenvalue weighted by Crippen LogP contribution is 2.24. The lowest BCUT2D eigenvalue weighted by Gasteiger charge is -2.05. The first-order valence-corrected chi connectivity index (χ1v) is 5.84. The predicted octanol–water partition coefficient (Wildman–Crippen LogP) is 2.66. The molecule has 1 aromatic rings. The topological polar surface area (TPSA) is 26.3 Å². The van der Waals surface area contributed by atoms with Crippen molar-refractivity contribution in [3.63, 3.8) is 0 Å². The van der Waals surface area contributed by atoms with Gasteiger partial charge in [0, 0.05) is 12.0 Å². The average Bonchev–Trinajstić information content (AvgIpc) is 2.98. The summed E-state index contributed by atoms with van der Waals surface area (Å²) in [5, 5.41) is 0. The number of hydrogen-bond acceptors (Lipinski definition) is 2.